The Hall–Kier alpha value is -3.07. The quantitative estimate of drug-likeness (QED) is 0.640. The maximum Gasteiger partial charge on any atom is 0.265 e. The molecule has 0 aromatic heterocycles. The minimum absolute atomic E-state index is 0.0380. The molecule has 9 heteroatoms. The highest BCUT2D eigenvalue weighted by molar-refractivity contribution is 7.92. The number of carbonyl (C=O) groups is 2. The van der Waals surface area contributed by atoms with Gasteiger partial charge in [0.2, 0.25) is 11.8 Å². The number of sulfonamides is 1. The van der Waals surface area contributed by atoms with Crippen molar-refractivity contribution in [2.24, 2.45) is 11.8 Å². The summed E-state index contributed by atoms with van der Waals surface area (Å²) in [5, 5.41) is 0. The minimum atomic E-state index is -4.00. The Morgan fingerprint density at radius 3 is 2.28 bits per heavy atom. The van der Waals surface area contributed by atoms with Crippen LogP contribution in [-0.4, -0.2) is 39.4 Å². The van der Waals surface area contributed by atoms with Crippen LogP contribution in [-0.2, 0) is 26.2 Å². The highest BCUT2D eigenvalue weighted by atomic mass is 32.2. The number of amides is 2. The maximum absolute atomic E-state index is 13.1. The Labute approximate surface area is 187 Å². The van der Waals surface area contributed by atoms with Gasteiger partial charge in [0.1, 0.15) is 16.4 Å². The Morgan fingerprint density at radius 1 is 0.969 bits per heavy atom. The van der Waals surface area contributed by atoms with Gasteiger partial charge >= 0.3 is 0 Å². The van der Waals surface area contributed by atoms with E-state index in [1.165, 1.54) is 31.3 Å². The molecule has 1 heterocycles. The van der Waals surface area contributed by atoms with Crippen LogP contribution in [0.4, 0.5) is 5.69 Å². The second kappa shape index (κ2) is 8.82. The van der Waals surface area contributed by atoms with Gasteiger partial charge in [0, 0.05) is 6.07 Å². The number of nitrogens with one attached hydrogen (secondary N) is 1. The average Bonchev–Trinajstić information content (AvgIpc) is 3.04. The van der Waals surface area contributed by atoms with E-state index in [1.54, 1.807) is 30.3 Å². The number of methoxy groups -OCH3 is 2. The zero-order chi connectivity index (χ0) is 22.9. The summed E-state index contributed by atoms with van der Waals surface area (Å²) in [7, 11) is -1.12. The Bertz CT molecular complexity index is 1120. The zero-order valence-electron chi connectivity index (χ0n) is 18.0. The van der Waals surface area contributed by atoms with Crippen molar-refractivity contribution in [3.05, 3.63) is 48.0 Å². The van der Waals surface area contributed by atoms with Crippen molar-refractivity contribution < 1.29 is 27.5 Å². The van der Waals surface area contributed by atoms with Gasteiger partial charge in [0.25, 0.3) is 10.0 Å². The van der Waals surface area contributed by atoms with Crippen molar-refractivity contribution in [3.8, 4) is 11.5 Å². The van der Waals surface area contributed by atoms with Gasteiger partial charge in [-0.15, -0.1) is 0 Å². The van der Waals surface area contributed by atoms with Crippen molar-refractivity contribution in [2.45, 2.75) is 37.1 Å². The molecule has 2 aromatic carbocycles. The number of ether oxygens (including phenoxy) is 2. The van der Waals surface area contributed by atoms with E-state index in [2.05, 4.69) is 4.72 Å². The molecule has 8 nitrogen and oxygen atoms in total. The Kier molecular flexibility index (Phi) is 6.10. The third-order valence-corrected chi connectivity index (χ3v) is 7.52. The van der Waals surface area contributed by atoms with Gasteiger partial charge in [-0.2, -0.15) is 0 Å². The number of likely N-dealkylation sites (tertiary alicyclic amines) is 1. The van der Waals surface area contributed by atoms with E-state index in [4.69, 9.17) is 9.47 Å². The standard InChI is InChI=1S/C23H26N2O6S/c1-30-17-7-5-6-16(13-17)24-32(28,29)21-12-15(10-11-20(21)31-2)14-25-22(26)18-8-3-4-9-19(18)23(25)27/h5-7,10-13,18-19,24H,3-4,8-9,14H2,1-2H3/t18-,19+. The van der Waals surface area contributed by atoms with Crippen LogP contribution in [0, 0.1) is 11.8 Å². The number of hydrogen-bond donors (Lipinski definition) is 1. The lowest BCUT2D eigenvalue weighted by Crippen LogP contribution is -2.30. The van der Waals surface area contributed by atoms with Gasteiger partial charge in [-0.1, -0.05) is 25.0 Å². The van der Waals surface area contributed by atoms with E-state index in [0.29, 0.717) is 17.0 Å². The van der Waals surface area contributed by atoms with Crippen molar-refractivity contribution in [2.75, 3.05) is 18.9 Å². The fourth-order valence-electron chi connectivity index (χ4n) is 4.50. The van der Waals surface area contributed by atoms with Crippen molar-refractivity contribution in [1.29, 1.82) is 0 Å². The van der Waals surface area contributed by atoms with Crippen LogP contribution < -0.4 is 14.2 Å². The molecular weight excluding hydrogens is 432 g/mol. The van der Waals surface area contributed by atoms with E-state index in [9.17, 15) is 18.0 Å². The van der Waals surface area contributed by atoms with Gasteiger partial charge < -0.3 is 9.47 Å². The molecule has 2 fully saturated rings. The summed E-state index contributed by atoms with van der Waals surface area (Å²) in [6, 6.07) is 11.2. The highest BCUT2D eigenvalue weighted by Crippen LogP contribution is 2.39. The molecule has 1 saturated carbocycles. The molecule has 2 aliphatic rings. The predicted octanol–water partition coefficient (Wildman–Crippen LogP) is 3.18. The number of benzene rings is 2. The number of anilines is 1. The van der Waals surface area contributed by atoms with E-state index in [1.807, 2.05) is 0 Å². The molecule has 0 bridgehead atoms. The molecule has 2 aromatic rings. The van der Waals surface area contributed by atoms with E-state index >= 15 is 0 Å². The lowest BCUT2D eigenvalue weighted by atomic mass is 9.81. The SMILES string of the molecule is COc1cccc(NS(=O)(=O)c2cc(CN3C(=O)[C@H]4CCCC[C@H]4C3=O)ccc2OC)c1. The molecular formula is C23H26N2O6S. The summed E-state index contributed by atoms with van der Waals surface area (Å²) in [6.45, 7) is 0.0380. The first kappa shape index (κ1) is 22.1. The smallest absolute Gasteiger partial charge is 0.265 e. The normalized spacial score (nSPS) is 20.8. The number of imide groups is 1. The number of hydrogen-bond acceptors (Lipinski definition) is 6. The summed E-state index contributed by atoms with van der Waals surface area (Å²) in [4.78, 5) is 26.8. The van der Waals surface area contributed by atoms with Gasteiger partial charge in [0.05, 0.1) is 38.3 Å². The van der Waals surface area contributed by atoms with Crippen LogP contribution in [0.3, 0.4) is 0 Å². The molecule has 0 spiro atoms. The summed E-state index contributed by atoms with van der Waals surface area (Å²) in [5.41, 5.74) is 0.878. The van der Waals surface area contributed by atoms with E-state index < -0.39 is 10.0 Å². The third-order valence-electron chi connectivity index (χ3n) is 6.11. The van der Waals surface area contributed by atoms with Crippen molar-refractivity contribution in [3.63, 3.8) is 0 Å². The molecule has 32 heavy (non-hydrogen) atoms. The molecule has 170 valence electrons. The van der Waals surface area contributed by atoms with Crippen LogP contribution in [0.2, 0.25) is 0 Å². The van der Waals surface area contributed by atoms with Gasteiger partial charge in [-0.25, -0.2) is 8.42 Å². The molecule has 0 unspecified atom stereocenters. The molecule has 2 atom stereocenters. The molecule has 0 radical (unpaired) electrons. The second-order valence-electron chi connectivity index (χ2n) is 8.08. The van der Waals surface area contributed by atoms with Crippen LogP contribution in [0.25, 0.3) is 0 Å². The number of fused-ring (bicyclic) bond motifs is 1. The molecule has 1 aliphatic heterocycles. The molecule has 2 amide bonds. The fourth-order valence-corrected chi connectivity index (χ4v) is 5.77. The summed E-state index contributed by atoms with van der Waals surface area (Å²) in [6.07, 6.45) is 3.38. The van der Waals surface area contributed by atoms with Crippen LogP contribution in [0.5, 0.6) is 11.5 Å². The van der Waals surface area contributed by atoms with Crippen LogP contribution in [0.15, 0.2) is 47.4 Å². The Balaban J connectivity index is 1.61. The second-order valence-corrected chi connectivity index (χ2v) is 9.73. The Morgan fingerprint density at radius 2 is 1.66 bits per heavy atom. The first-order chi connectivity index (χ1) is 15.3. The van der Waals surface area contributed by atoms with E-state index in [-0.39, 0.29) is 40.8 Å². The highest BCUT2D eigenvalue weighted by Gasteiger charge is 2.47. The van der Waals surface area contributed by atoms with E-state index in [0.717, 1.165) is 25.7 Å². The minimum Gasteiger partial charge on any atom is -0.497 e. The average molecular weight is 459 g/mol. The van der Waals surface area contributed by atoms with Gasteiger partial charge in [-0.05, 0) is 42.7 Å². The summed E-state index contributed by atoms with van der Waals surface area (Å²) >= 11 is 0. The summed E-state index contributed by atoms with van der Waals surface area (Å²) in [5.74, 6) is -0.126. The molecule has 1 aliphatic carbocycles. The first-order valence-electron chi connectivity index (χ1n) is 10.5. The first-order valence-corrected chi connectivity index (χ1v) is 12.0. The molecule has 1 N–H and O–H groups in total. The molecule has 4 rings (SSSR count). The van der Waals surface area contributed by atoms with Crippen molar-refractivity contribution in [1.82, 2.24) is 4.90 Å². The predicted molar refractivity (Wildman–Crippen MR) is 118 cm³/mol. The van der Waals surface area contributed by atoms with Gasteiger partial charge in [0.15, 0.2) is 0 Å². The number of carbonyl (C=O) groups excluding carboxylic acids is 2. The zero-order valence-corrected chi connectivity index (χ0v) is 18.9. The number of rotatable bonds is 7. The fraction of sp³-hybridized carbons (Fsp3) is 0.391. The van der Waals surface area contributed by atoms with Gasteiger partial charge in [-0.3, -0.25) is 19.2 Å². The molecule has 1 saturated heterocycles. The third kappa shape index (κ3) is 4.17. The lowest BCUT2D eigenvalue weighted by molar-refractivity contribution is -0.140. The van der Waals surface area contributed by atoms with Crippen LogP contribution in [0.1, 0.15) is 31.2 Å². The number of nitrogens with zero attached hydrogens (tertiary/aromatic N) is 1. The van der Waals surface area contributed by atoms with Crippen molar-refractivity contribution >= 4 is 27.5 Å². The van der Waals surface area contributed by atoms with Crippen LogP contribution >= 0.6 is 0 Å². The lowest BCUT2D eigenvalue weighted by Gasteiger charge is -2.19. The largest absolute Gasteiger partial charge is 0.497 e. The topological polar surface area (TPSA) is 102 Å². The monoisotopic (exact) mass is 458 g/mol. The maximum atomic E-state index is 13.1. The summed E-state index contributed by atoms with van der Waals surface area (Å²) < 4.78 is 39.2.